The van der Waals surface area contributed by atoms with Crippen LogP contribution < -0.4 is 0 Å². The van der Waals surface area contributed by atoms with Crippen molar-refractivity contribution in [2.75, 3.05) is 13.1 Å². The first-order valence-electron chi connectivity index (χ1n) is 6.28. The zero-order valence-electron chi connectivity index (χ0n) is 11.4. The van der Waals surface area contributed by atoms with Crippen LogP contribution in [-0.4, -0.2) is 25.8 Å². The second-order valence-electron chi connectivity index (χ2n) is 4.54. The van der Waals surface area contributed by atoms with Gasteiger partial charge in [-0.1, -0.05) is 54.7 Å². The summed E-state index contributed by atoms with van der Waals surface area (Å²) in [7, 11) is -3.52. The number of hydrogen-bond acceptors (Lipinski definition) is 2. The maximum Gasteiger partial charge on any atom is 0.244 e. The SMILES string of the molecule is CCC(C)CN(CC)S(=O)(=O)c1ccc(Br)cc1Cl. The smallest absolute Gasteiger partial charge is 0.207 e. The lowest BCUT2D eigenvalue weighted by Crippen LogP contribution is -2.34. The summed E-state index contributed by atoms with van der Waals surface area (Å²) in [4.78, 5) is 0.169. The molecular weight excluding hydrogens is 350 g/mol. The minimum absolute atomic E-state index is 0.169. The van der Waals surface area contributed by atoms with Crippen LogP contribution in [0.3, 0.4) is 0 Å². The van der Waals surface area contributed by atoms with Gasteiger partial charge in [-0.25, -0.2) is 8.42 Å². The highest BCUT2D eigenvalue weighted by atomic mass is 79.9. The van der Waals surface area contributed by atoms with E-state index in [-0.39, 0.29) is 9.92 Å². The molecule has 1 aromatic rings. The summed E-state index contributed by atoms with van der Waals surface area (Å²) in [5, 5.41) is 0.247. The van der Waals surface area contributed by atoms with Crippen LogP contribution in [0.25, 0.3) is 0 Å². The van der Waals surface area contributed by atoms with Crippen molar-refractivity contribution in [3.63, 3.8) is 0 Å². The van der Waals surface area contributed by atoms with E-state index in [1.165, 1.54) is 4.31 Å². The van der Waals surface area contributed by atoms with E-state index >= 15 is 0 Å². The predicted octanol–water partition coefficient (Wildman–Crippen LogP) is 4.16. The molecular formula is C13H19BrClNO2S. The molecule has 0 heterocycles. The fourth-order valence-electron chi connectivity index (χ4n) is 1.70. The summed E-state index contributed by atoms with van der Waals surface area (Å²) < 4.78 is 27.4. The van der Waals surface area contributed by atoms with Crippen LogP contribution in [0, 0.1) is 5.92 Å². The Morgan fingerprint density at radius 2 is 2.00 bits per heavy atom. The fourth-order valence-corrected chi connectivity index (χ4v) is 4.28. The molecule has 0 saturated carbocycles. The second kappa shape index (κ2) is 7.07. The fraction of sp³-hybridized carbons (Fsp3) is 0.538. The number of halogens is 2. The molecule has 0 bridgehead atoms. The lowest BCUT2D eigenvalue weighted by Gasteiger charge is -2.24. The molecule has 0 saturated heterocycles. The molecule has 0 fully saturated rings. The molecule has 0 aliphatic carbocycles. The Morgan fingerprint density at radius 1 is 1.37 bits per heavy atom. The third kappa shape index (κ3) is 4.18. The molecule has 0 amide bonds. The molecule has 1 aromatic carbocycles. The van der Waals surface area contributed by atoms with Crippen molar-refractivity contribution < 1.29 is 8.42 Å². The van der Waals surface area contributed by atoms with Crippen molar-refractivity contribution in [2.24, 2.45) is 5.92 Å². The van der Waals surface area contributed by atoms with Crippen LogP contribution in [0.15, 0.2) is 27.6 Å². The van der Waals surface area contributed by atoms with Gasteiger partial charge in [0.15, 0.2) is 0 Å². The Labute approximate surface area is 129 Å². The zero-order chi connectivity index (χ0) is 14.6. The number of rotatable bonds is 6. The molecule has 1 atom stereocenters. The van der Waals surface area contributed by atoms with Gasteiger partial charge in [0.25, 0.3) is 0 Å². The molecule has 1 unspecified atom stereocenters. The van der Waals surface area contributed by atoms with Crippen LogP contribution in [0.5, 0.6) is 0 Å². The lowest BCUT2D eigenvalue weighted by molar-refractivity contribution is 0.361. The molecule has 0 aromatic heterocycles. The lowest BCUT2D eigenvalue weighted by atomic mass is 10.1. The third-order valence-electron chi connectivity index (χ3n) is 3.08. The normalized spacial score (nSPS) is 13.8. The van der Waals surface area contributed by atoms with Gasteiger partial charge in [-0.15, -0.1) is 0 Å². The van der Waals surface area contributed by atoms with E-state index in [4.69, 9.17) is 11.6 Å². The van der Waals surface area contributed by atoms with Crippen LogP contribution in [0.1, 0.15) is 27.2 Å². The topological polar surface area (TPSA) is 37.4 Å². The van der Waals surface area contributed by atoms with Crippen LogP contribution >= 0.6 is 27.5 Å². The van der Waals surface area contributed by atoms with Gasteiger partial charge in [0.1, 0.15) is 4.90 Å². The Morgan fingerprint density at radius 3 is 2.47 bits per heavy atom. The monoisotopic (exact) mass is 367 g/mol. The van der Waals surface area contributed by atoms with Crippen molar-refractivity contribution in [3.8, 4) is 0 Å². The molecule has 108 valence electrons. The Balaban J connectivity index is 3.13. The summed E-state index contributed by atoms with van der Waals surface area (Å²) >= 11 is 9.33. The molecule has 0 aliphatic heterocycles. The van der Waals surface area contributed by atoms with E-state index in [0.717, 1.165) is 10.9 Å². The highest BCUT2D eigenvalue weighted by molar-refractivity contribution is 9.10. The Bertz CT molecular complexity index is 533. The molecule has 0 N–H and O–H groups in total. The minimum Gasteiger partial charge on any atom is -0.207 e. The van der Waals surface area contributed by atoms with E-state index in [1.54, 1.807) is 18.2 Å². The molecule has 0 radical (unpaired) electrons. The number of hydrogen-bond donors (Lipinski definition) is 0. The summed E-state index contributed by atoms with van der Waals surface area (Å²) in [6.45, 7) is 6.90. The van der Waals surface area contributed by atoms with Crippen LogP contribution in [0.4, 0.5) is 0 Å². The maximum absolute atomic E-state index is 12.6. The van der Waals surface area contributed by atoms with Gasteiger partial charge in [-0.3, -0.25) is 0 Å². The predicted molar refractivity (Wildman–Crippen MR) is 83.0 cm³/mol. The quantitative estimate of drug-likeness (QED) is 0.756. The average molecular weight is 369 g/mol. The van der Waals surface area contributed by atoms with Crippen molar-refractivity contribution in [1.29, 1.82) is 0 Å². The van der Waals surface area contributed by atoms with Gasteiger partial charge in [-0.05, 0) is 24.1 Å². The van der Waals surface area contributed by atoms with Gasteiger partial charge in [0.2, 0.25) is 10.0 Å². The highest BCUT2D eigenvalue weighted by Gasteiger charge is 2.26. The molecule has 3 nitrogen and oxygen atoms in total. The van der Waals surface area contributed by atoms with Gasteiger partial charge in [-0.2, -0.15) is 4.31 Å². The van der Waals surface area contributed by atoms with Gasteiger partial charge < -0.3 is 0 Å². The zero-order valence-corrected chi connectivity index (χ0v) is 14.5. The molecule has 0 aliphatic rings. The summed E-state index contributed by atoms with van der Waals surface area (Å²) in [5.41, 5.74) is 0. The van der Waals surface area contributed by atoms with E-state index in [2.05, 4.69) is 22.9 Å². The van der Waals surface area contributed by atoms with Crippen molar-refractivity contribution >= 4 is 37.6 Å². The van der Waals surface area contributed by atoms with E-state index < -0.39 is 10.0 Å². The van der Waals surface area contributed by atoms with Crippen molar-refractivity contribution in [3.05, 3.63) is 27.7 Å². The first-order valence-corrected chi connectivity index (χ1v) is 8.89. The summed E-state index contributed by atoms with van der Waals surface area (Å²) in [6, 6.07) is 4.84. The Hall–Kier alpha value is -0.100. The maximum atomic E-state index is 12.6. The first kappa shape index (κ1) is 17.0. The highest BCUT2D eigenvalue weighted by Crippen LogP contribution is 2.28. The minimum atomic E-state index is -3.52. The third-order valence-corrected chi connectivity index (χ3v) is 5.99. The Kier molecular flexibility index (Phi) is 6.30. The van der Waals surface area contributed by atoms with Crippen LogP contribution in [0.2, 0.25) is 5.02 Å². The summed E-state index contributed by atoms with van der Waals surface area (Å²) in [6.07, 6.45) is 0.945. The number of sulfonamides is 1. The number of nitrogens with zero attached hydrogens (tertiary/aromatic N) is 1. The molecule has 6 heteroatoms. The van der Waals surface area contributed by atoms with Crippen molar-refractivity contribution in [2.45, 2.75) is 32.1 Å². The van der Waals surface area contributed by atoms with Crippen LogP contribution in [-0.2, 0) is 10.0 Å². The van der Waals surface area contributed by atoms with E-state index in [0.29, 0.717) is 19.0 Å². The average Bonchev–Trinajstić information content (AvgIpc) is 2.34. The molecule has 0 spiro atoms. The molecule has 19 heavy (non-hydrogen) atoms. The van der Waals surface area contributed by atoms with Crippen molar-refractivity contribution in [1.82, 2.24) is 4.31 Å². The van der Waals surface area contributed by atoms with Gasteiger partial charge in [0, 0.05) is 17.6 Å². The summed E-state index contributed by atoms with van der Waals surface area (Å²) in [5.74, 6) is 0.323. The number of benzene rings is 1. The van der Waals surface area contributed by atoms with E-state index in [9.17, 15) is 8.42 Å². The van der Waals surface area contributed by atoms with E-state index in [1.807, 2.05) is 13.8 Å². The second-order valence-corrected chi connectivity index (χ2v) is 7.77. The van der Waals surface area contributed by atoms with Gasteiger partial charge in [0.05, 0.1) is 5.02 Å². The largest absolute Gasteiger partial charge is 0.244 e. The van der Waals surface area contributed by atoms with Gasteiger partial charge >= 0.3 is 0 Å². The standard InChI is InChI=1S/C13H19BrClNO2S/c1-4-10(3)9-16(5-2)19(17,18)13-7-6-11(14)8-12(13)15/h6-8,10H,4-5,9H2,1-3H3. The first-order chi connectivity index (χ1) is 8.82. The molecule has 1 rings (SSSR count).